The third kappa shape index (κ3) is 5.71. The molecule has 8 N–H and O–H groups in total. The van der Waals surface area contributed by atoms with Crippen LogP contribution < -0.4 is 16.8 Å². The number of carboxylic acids is 1. The first-order chi connectivity index (χ1) is 16.8. The number of imidazole rings is 1. The molecular formula is C22H36N8O5. The highest BCUT2D eigenvalue weighted by molar-refractivity contribution is 5.81. The summed E-state index contributed by atoms with van der Waals surface area (Å²) in [4.78, 5) is 25.7. The molecule has 13 heteroatoms. The Morgan fingerprint density at radius 3 is 2.77 bits per heavy atom. The minimum Gasteiger partial charge on any atom is -0.480 e. The molecule has 0 spiro atoms. The SMILES string of the molecule is CCC1CNCC(CN(CC[C@H](N)C(=O)O)C[C@H]2O[C@@H](n3cnc4c(N)ncnc43)[C@H](O)[C@@H]2O)C1. The van der Waals surface area contributed by atoms with E-state index in [1.54, 1.807) is 4.57 Å². The largest absolute Gasteiger partial charge is 0.480 e. The van der Waals surface area contributed by atoms with Crippen LogP contribution in [0.25, 0.3) is 11.2 Å². The number of piperidine rings is 1. The molecule has 0 aliphatic carbocycles. The van der Waals surface area contributed by atoms with E-state index in [0.717, 1.165) is 25.9 Å². The van der Waals surface area contributed by atoms with Crippen molar-refractivity contribution in [3.63, 3.8) is 0 Å². The minimum absolute atomic E-state index is 0.214. The third-order valence-corrected chi connectivity index (χ3v) is 7.14. The van der Waals surface area contributed by atoms with Gasteiger partial charge in [0.05, 0.1) is 6.33 Å². The van der Waals surface area contributed by atoms with Crippen LogP contribution >= 0.6 is 0 Å². The Morgan fingerprint density at radius 2 is 2.03 bits per heavy atom. The second kappa shape index (κ2) is 11.1. The zero-order valence-electron chi connectivity index (χ0n) is 19.9. The van der Waals surface area contributed by atoms with Crippen LogP contribution in [0.3, 0.4) is 0 Å². The van der Waals surface area contributed by atoms with Gasteiger partial charge in [0, 0.05) is 19.6 Å². The van der Waals surface area contributed by atoms with Crippen molar-refractivity contribution in [3.8, 4) is 0 Å². The average molecular weight is 493 g/mol. The van der Waals surface area contributed by atoms with Gasteiger partial charge in [0.25, 0.3) is 0 Å². The van der Waals surface area contributed by atoms with E-state index in [9.17, 15) is 20.1 Å². The van der Waals surface area contributed by atoms with E-state index in [0.29, 0.717) is 42.6 Å². The zero-order chi connectivity index (χ0) is 25.1. The van der Waals surface area contributed by atoms with E-state index < -0.39 is 36.6 Å². The number of nitrogens with zero attached hydrogens (tertiary/aromatic N) is 5. The molecule has 7 atom stereocenters. The first-order valence-electron chi connectivity index (χ1n) is 12.1. The van der Waals surface area contributed by atoms with E-state index in [2.05, 4.69) is 32.1 Å². The number of ether oxygens (including phenoxy) is 1. The Labute approximate surface area is 203 Å². The molecular weight excluding hydrogens is 456 g/mol. The minimum atomic E-state index is -1.21. The summed E-state index contributed by atoms with van der Waals surface area (Å²) < 4.78 is 7.66. The number of aliphatic hydroxyl groups is 2. The Kier molecular flexibility index (Phi) is 8.14. The highest BCUT2D eigenvalue weighted by Gasteiger charge is 2.45. The lowest BCUT2D eigenvalue weighted by Gasteiger charge is -2.35. The quantitative estimate of drug-likeness (QED) is 0.231. The molecule has 4 heterocycles. The van der Waals surface area contributed by atoms with Gasteiger partial charge in [-0.2, -0.15) is 0 Å². The summed E-state index contributed by atoms with van der Waals surface area (Å²) in [5.74, 6) is 0.147. The van der Waals surface area contributed by atoms with Gasteiger partial charge in [-0.05, 0) is 37.8 Å². The van der Waals surface area contributed by atoms with Gasteiger partial charge in [-0.1, -0.05) is 13.3 Å². The third-order valence-electron chi connectivity index (χ3n) is 7.14. The lowest BCUT2D eigenvalue weighted by Crippen LogP contribution is -2.47. The summed E-state index contributed by atoms with van der Waals surface area (Å²) >= 11 is 0. The molecule has 2 unspecified atom stereocenters. The highest BCUT2D eigenvalue weighted by Crippen LogP contribution is 2.32. The molecule has 2 saturated heterocycles. The number of aliphatic carboxylic acids is 1. The van der Waals surface area contributed by atoms with Crippen molar-refractivity contribution < 1.29 is 24.9 Å². The molecule has 2 aromatic heterocycles. The molecule has 0 aromatic carbocycles. The first kappa shape index (κ1) is 25.7. The maximum atomic E-state index is 11.2. The summed E-state index contributed by atoms with van der Waals surface area (Å²) in [6, 6.07) is -0.972. The number of nitrogen functional groups attached to an aromatic ring is 1. The van der Waals surface area contributed by atoms with E-state index in [1.807, 2.05) is 0 Å². The number of anilines is 1. The summed E-state index contributed by atoms with van der Waals surface area (Å²) in [5.41, 5.74) is 12.4. The van der Waals surface area contributed by atoms with E-state index in [4.69, 9.17) is 16.2 Å². The number of carbonyl (C=O) groups is 1. The predicted molar refractivity (Wildman–Crippen MR) is 127 cm³/mol. The summed E-state index contributed by atoms with van der Waals surface area (Å²) in [6.07, 6.45) is 1.23. The standard InChI is InChI=1S/C22H36N8O5/c1-2-12-5-13(7-25-6-12)8-29(4-3-14(23)22(33)34)9-15-17(31)18(32)21(35-15)30-11-28-16-19(24)26-10-27-20(16)30/h10-15,17-18,21,25,31-32H,2-9,23H2,1H3,(H,33,34)(H2,24,26,27)/t12?,13?,14-,15+,17+,18+,21+/m0/s1. The van der Waals surface area contributed by atoms with Crippen LogP contribution in [-0.2, 0) is 9.53 Å². The van der Waals surface area contributed by atoms with Crippen LogP contribution in [0.4, 0.5) is 5.82 Å². The molecule has 2 fully saturated rings. The fraction of sp³-hybridized carbons (Fsp3) is 0.727. The van der Waals surface area contributed by atoms with Gasteiger partial charge < -0.3 is 41.7 Å². The molecule has 2 aliphatic rings. The summed E-state index contributed by atoms with van der Waals surface area (Å²) in [6.45, 7) is 5.52. The fourth-order valence-electron chi connectivity index (χ4n) is 5.07. The van der Waals surface area contributed by atoms with Crippen molar-refractivity contribution in [2.45, 2.75) is 56.8 Å². The molecule has 0 bridgehead atoms. The number of hydrogen-bond acceptors (Lipinski definition) is 11. The molecule has 4 rings (SSSR count). The number of rotatable bonds is 10. The average Bonchev–Trinajstić information content (AvgIpc) is 3.39. The van der Waals surface area contributed by atoms with Crippen molar-refractivity contribution in [1.29, 1.82) is 0 Å². The molecule has 194 valence electrons. The molecule has 35 heavy (non-hydrogen) atoms. The molecule has 2 aliphatic heterocycles. The van der Waals surface area contributed by atoms with Crippen LogP contribution in [0.1, 0.15) is 32.4 Å². The van der Waals surface area contributed by atoms with Crippen molar-refractivity contribution in [3.05, 3.63) is 12.7 Å². The number of carboxylic acid groups (broad SMARTS) is 1. The van der Waals surface area contributed by atoms with Gasteiger partial charge in [0.2, 0.25) is 0 Å². The Balaban J connectivity index is 1.47. The van der Waals surface area contributed by atoms with Crippen LogP contribution in [-0.4, -0.2) is 103 Å². The second-order valence-corrected chi connectivity index (χ2v) is 9.66. The Morgan fingerprint density at radius 1 is 1.26 bits per heavy atom. The van der Waals surface area contributed by atoms with Crippen molar-refractivity contribution >= 4 is 23.0 Å². The van der Waals surface area contributed by atoms with Gasteiger partial charge in [-0.3, -0.25) is 9.36 Å². The summed E-state index contributed by atoms with van der Waals surface area (Å²) in [5, 5.41) is 34.3. The lowest BCUT2D eigenvalue weighted by atomic mass is 9.88. The second-order valence-electron chi connectivity index (χ2n) is 9.66. The van der Waals surface area contributed by atoms with Crippen LogP contribution in [0, 0.1) is 11.8 Å². The van der Waals surface area contributed by atoms with E-state index >= 15 is 0 Å². The van der Waals surface area contributed by atoms with E-state index in [1.165, 1.54) is 12.7 Å². The molecule has 0 amide bonds. The van der Waals surface area contributed by atoms with Gasteiger partial charge in [0.1, 0.15) is 36.2 Å². The molecule has 13 nitrogen and oxygen atoms in total. The zero-order valence-corrected chi connectivity index (χ0v) is 19.9. The molecule has 0 radical (unpaired) electrons. The lowest BCUT2D eigenvalue weighted by molar-refractivity contribution is -0.138. The number of hydrogen-bond donors (Lipinski definition) is 6. The van der Waals surface area contributed by atoms with Gasteiger partial charge >= 0.3 is 5.97 Å². The molecule has 2 aromatic rings. The fourth-order valence-corrected chi connectivity index (χ4v) is 5.07. The monoisotopic (exact) mass is 492 g/mol. The van der Waals surface area contributed by atoms with Gasteiger partial charge in [-0.25, -0.2) is 15.0 Å². The highest BCUT2D eigenvalue weighted by atomic mass is 16.6. The van der Waals surface area contributed by atoms with Gasteiger partial charge in [0.15, 0.2) is 17.7 Å². The van der Waals surface area contributed by atoms with Crippen LogP contribution in [0.5, 0.6) is 0 Å². The smallest absolute Gasteiger partial charge is 0.320 e. The first-order valence-corrected chi connectivity index (χ1v) is 12.1. The maximum absolute atomic E-state index is 11.2. The number of aromatic nitrogens is 4. The van der Waals surface area contributed by atoms with E-state index in [-0.39, 0.29) is 12.2 Å². The number of nitrogens with one attached hydrogen (secondary N) is 1. The summed E-state index contributed by atoms with van der Waals surface area (Å²) in [7, 11) is 0. The van der Waals surface area contributed by atoms with Gasteiger partial charge in [-0.15, -0.1) is 0 Å². The molecule has 0 saturated carbocycles. The normalized spacial score (nSPS) is 30.2. The topological polar surface area (TPSA) is 198 Å². The van der Waals surface area contributed by atoms with Crippen LogP contribution in [0.2, 0.25) is 0 Å². The number of fused-ring (bicyclic) bond motifs is 1. The number of aliphatic hydroxyl groups excluding tert-OH is 2. The van der Waals surface area contributed by atoms with Crippen LogP contribution in [0.15, 0.2) is 12.7 Å². The number of nitrogens with two attached hydrogens (primary N) is 2. The Hall–Kier alpha value is -2.42. The van der Waals surface area contributed by atoms with Crippen molar-refractivity contribution in [1.82, 2.24) is 29.7 Å². The maximum Gasteiger partial charge on any atom is 0.320 e. The van der Waals surface area contributed by atoms with Crippen molar-refractivity contribution in [2.75, 3.05) is 38.5 Å². The Bertz CT molecular complexity index is 1010. The van der Waals surface area contributed by atoms with Crippen molar-refractivity contribution in [2.24, 2.45) is 17.6 Å². The predicted octanol–water partition coefficient (Wildman–Crippen LogP) is -1.23.